The number of ether oxygens (including phenoxy) is 3. The number of benzene rings is 3. The average Bonchev–Trinajstić information content (AvgIpc) is 1.68. The summed E-state index contributed by atoms with van der Waals surface area (Å²) in [6, 6.07) is 13.0. The Labute approximate surface area is 498 Å². The molecule has 7 fully saturated rings. The summed E-state index contributed by atoms with van der Waals surface area (Å²) in [4.78, 5) is 90.5. The standard InChI is InChI=1S/C65H75F2N11O8/c1-6-46-49(66)17-14-41-10-7-12-47(53(41)46)55-54(67)56-48(33-68-55)58(75-35-43-15-16-44(36-75)77(43)63(83)86-64(2,3)4)71-60(70-56)85-38-65-25-9-27-76(65)45(20-26-65)37-84-62(82)74-30-23-40(24-31-74)32-39-21-28-73(29-22-39)34-42-11-8-13-50-57(42)72(5)61(81)78(50)51-18-19-52(79)69-59(51)80/h1,7-8,10-14,17,33,39-40,43-45,51H,9,15-16,18-32,34-38H2,2-5H3,(H,69,79,80)/t43?,44?,45-,51?,65-/m1/s1. The molecular formula is C65H75F2N11O8. The number of pyridine rings is 1. The van der Waals surface area contributed by atoms with Gasteiger partial charge in [0.25, 0.3) is 0 Å². The maximum atomic E-state index is 17.5. The van der Waals surface area contributed by atoms with E-state index in [2.05, 4.69) is 37.0 Å². The molecule has 10 heterocycles. The van der Waals surface area contributed by atoms with E-state index in [9.17, 15) is 24.0 Å². The van der Waals surface area contributed by atoms with Crippen molar-refractivity contribution >= 4 is 62.5 Å². The molecule has 0 spiro atoms. The Morgan fingerprint density at radius 3 is 2.34 bits per heavy atom. The van der Waals surface area contributed by atoms with E-state index in [4.69, 9.17) is 30.6 Å². The summed E-state index contributed by atoms with van der Waals surface area (Å²) in [6.45, 7) is 11.7. The molecule has 3 aromatic heterocycles. The smallest absolute Gasteiger partial charge is 0.410 e. The van der Waals surface area contributed by atoms with E-state index in [0.717, 1.165) is 101 Å². The van der Waals surface area contributed by atoms with Crippen LogP contribution >= 0.6 is 0 Å². The fourth-order valence-corrected chi connectivity index (χ4v) is 15.5. The predicted octanol–water partition coefficient (Wildman–Crippen LogP) is 8.85. The lowest BCUT2D eigenvalue weighted by molar-refractivity contribution is -0.135. The Morgan fingerprint density at radius 2 is 1.60 bits per heavy atom. The number of carbonyl (C=O) groups is 4. The number of para-hydroxylation sites is 1. The first-order valence-electron chi connectivity index (χ1n) is 30.8. The van der Waals surface area contributed by atoms with Gasteiger partial charge in [0.05, 0.1) is 39.6 Å². The highest BCUT2D eigenvalue weighted by atomic mass is 19.1. The van der Waals surface area contributed by atoms with Crippen LogP contribution in [0, 0.1) is 35.8 Å². The number of aryl methyl sites for hydroxylation is 1. The summed E-state index contributed by atoms with van der Waals surface area (Å²) < 4.78 is 54.5. The third kappa shape index (κ3) is 10.7. The summed E-state index contributed by atoms with van der Waals surface area (Å²) >= 11 is 0. The van der Waals surface area contributed by atoms with Crippen LogP contribution in [0.1, 0.15) is 121 Å². The lowest BCUT2D eigenvalue weighted by atomic mass is 9.83. The predicted molar refractivity (Wildman–Crippen MR) is 319 cm³/mol. The molecule has 86 heavy (non-hydrogen) atoms. The number of nitrogens with one attached hydrogen (secondary N) is 1. The number of amides is 4. The van der Waals surface area contributed by atoms with E-state index in [1.165, 1.54) is 6.07 Å². The van der Waals surface area contributed by atoms with Gasteiger partial charge in [-0.05, 0) is 152 Å². The molecule has 3 aromatic carbocycles. The van der Waals surface area contributed by atoms with Crippen LogP contribution in [0.25, 0.3) is 44.0 Å². The van der Waals surface area contributed by atoms with Gasteiger partial charge >= 0.3 is 23.9 Å². The molecule has 6 aromatic rings. The SMILES string of the molecule is C#Cc1c(F)ccc2cccc(-c3ncc4c(N5CC6CCC(C5)N6C(=O)OC(C)(C)C)nc(OC[C@]56CCCN5[C@@H](COC(=O)N5CCC(CC7CCN(Cc8cccc9c8n(C)c(=O)n9C8CCC(=O)NC8=O)CC7)CC5)CC6)nc4c3F)c12. The fraction of sp³-hybridized carbons (Fsp3) is 0.538. The number of hydrogen-bond acceptors (Lipinski definition) is 14. The van der Waals surface area contributed by atoms with Crippen LogP contribution in [0.5, 0.6) is 6.01 Å². The highest BCUT2D eigenvalue weighted by Crippen LogP contribution is 2.45. The summed E-state index contributed by atoms with van der Waals surface area (Å²) in [5, 5.41) is 3.78. The van der Waals surface area contributed by atoms with E-state index in [1.807, 2.05) is 42.7 Å². The van der Waals surface area contributed by atoms with Crippen molar-refractivity contribution in [3.8, 4) is 29.6 Å². The molecule has 452 valence electrons. The Kier molecular flexibility index (Phi) is 15.3. The van der Waals surface area contributed by atoms with E-state index < -0.39 is 29.2 Å². The van der Waals surface area contributed by atoms with Crippen molar-refractivity contribution < 1.29 is 42.2 Å². The molecule has 7 saturated heterocycles. The summed E-state index contributed by atoms with van der Waals surface area (Å²) in [5.41, 5.74) is 1.58. The van der Waals surface area contributed by atoms with Crippen LogP contribution in [0.4, 0.5) is 24.2 Å². The molecule has 7 aliphatic heterocycles. The van der Waals surface area contributed by atoms with Gasteiger partial charge in [0.2, 0.25) is 11.8 Å². The second-order valence-electron chi connectivity index (χ2n) is 26.1. The van der Waals surface area contributed by atoms with Crippen LogP contribution in [0.15, 0.2) is 59.5 Å². The minimum Gasteiger partial charge on any atom is -0.461 e. The Morgan fingerprint density at radius 1 is 0.860 bits per heavy atom. The highest BCUT2D eigenvalue weighted by Gasteiger charge is 2.51. The van der Waals surface area contributed by atoms with Gasteiger partial charge in [0.15, 0.2) is 5.82 Å². The van der Waals surface area contributed by atoms with Gasteiger partial charge in [-0.1, -0.05) is 42.3 Å². The number of imidazole rings is 1. The number of aromatic nitrogens is 5. The van der Waals surface area contributed by atoms with Crippen LogP contribution in [-0.2, 0) is 32.7 Å². The van der Waals surface area contributed by atoms with E-state index >= 15 is 8.78 Å². The molecule has 21 heteroatoms. The lowest BCUT2D eigenvalue weighted by Gasteiger charge is -2.42. The number of anilines is 1. The number of hydrogen-bond donors (Lipinski definition) is 1. The Bertz CT molecular complexity index is 3770. The third-order valence-electron chi connectivity index (χ3n) is 19.7. The van der Waals surface area contributed by atoms with Crippen LogP contribution in [0.3, 0.4) is 0 Å². The lowest BCUT2D eigenvalue weighted by Crippen LogP contribution is -2.57. The van der Waals surface area contributed by atoms with Crippen molar-refractivity contribution in [2.75, 3.05) is 63.9 Å². The molecule has 13 rings (SSSR count). The van der Waals surface area contributed by atoms with Crippen LogP contribution in [0.2, 0.25) is 0 Å². The number of halogens is 2. The number of piperazine rings is 1. The Balaban J connectivity index is 0.638. The molecule has 2 bridgehead atoms. The number of likely N-dealkylation sites (tertiary alicyclic amines) is 2. The number of terminal acetylenes is 1. The number of nitrogens with zero attached hydrogens (tertiary/aromatic N) is 10. The van der Waals surface area contributed by atoms with Gasteiger partial charge in [-0.25, -0.2) is 23.2 Å². The van der Waals surface area contributed by atoms with Gasteiger partial charge in [0, 0.05) is 69.4 Å². The van der Waals surface area contributed by atoms with E-state index in [1.54, 1.807) is 46.6 Å². The van der Waals surface area contributed by atoms with Crippen molar-refractivity contribution in [3.63, 3.8) is 0 Å². The van der Waals surface area contributed by atoms with Crippen LogP contribution in [-0.4, -0.2) is 156 Å². The first-order chi connectivity index (χ1) is 41.4. The molecule has 5 atom stereocenters. The fourth-order valence-electron chi connectivity index (χ4n) is 15.5. The quantitative estimate of drug-likeness (QED) is 0.0903. The normalized spacial score (nSPS) is 24.2. The molecule has 19 nitrogen and oxygen atoms in total. The number of fused-ring (bicyclic) bond motifs is 6. The average molecular weight is 1180 g/mol. The maximum absolute atomic E-state index is 17.5. The molecule has 7 aliphatic rings. The van der Waals surface area contributed by atoms with Gasteiger partial charge in [-0.15, -0.1) is 6.42 Å². The van der Waals surface area contributed by atoms with Crippen LogP contribution < -0.4 is 20.6 Å². The van der Waals surface area contributed by atoms with E-state index in [-0.39, 0.29) is 89.9 Å². The molecule has 0 aliphatic carbocycles. The monoisotopic (exact) mass is 1180 g/mol. The maximum Gasteiger partial charge on any atom is 0.410 e. The van der Waals surface area contributed by atoms with E-state index in [0.29, 0.717) is 84.0 Å². The minimum atomic E-state index is -0.724. The summed E-state index contributed by atoms with van der Waals surface area (Å²) in [5.74, 6) is 1.97. The minimum absolute atomic E-state index is 0.00142. The highest BCUT2D eigenvalue weighted by molar-refractivity contribution is 6.02. The molecule has 0 saturated carbocycles. The van der Waals surface area contributed by atoms with Gasteiger partial charge in [-0.3, -0.25) is 43.7 Å². The molecule has 3 unspecified atom stereocenters. The molecule has 4 amide bonds. The summed E-state index contributed by atoms with van der Waals surface area (Å²) in [6.07, 6.45) is 17.4. The van der Waals surface area contributed by atoms with Gasteiger partial charge < -0.3 is 24.0 Å². The second-order valence-corrected chi connectivity index (χ2v) is 26.1. The zero-order valence-electron chi connectivity index (χ0n) is 49.5. The second kappa shape index (κ2) is 22.9. The van der Waals surface area contributed by atoms with Crippen molar-refractivity contribution in [1.82, 2.24) is 49.0 Å². The number of imide groups is 1. The molecule has 1 N–H and O–H groups in total. The molecule has 0 radical (unpaired) electrons. The van der Waals surface area contributed by atoms with Crippen molar-refractivity contribution in [2.45, 2.75) is 146 Å². The zero-order chi connectivity index (χ0) is 59.8. The largest absolute Gasteiger partial charge is 0.461 e. The van der Waals surface area contributed by atoms with Crippen molar-refractivity contribution in [3.05, 3.63) is 88.0 Å². The first-order valence-corrected chi connectivity index (χ1v) is 30.8. The van der Waals surface area contributed by atoms with Crippen molar-refractivity contribution in [1.29, 1.82) is 0 Å². The number of carbonyl (C=O) groups excluding carboxylic acids is 4. The summed E-state index contributed by atoms with van der Waals surface area (Å²) in [7, 11) is 1.75. The number of rotatable bonds is 12. The van der Waals surface area contributed by atoms with Gasteiger partial charge in [0.1, 0.15) is 47.7 Å². The zero-order valence-corrected chi connectivity index (χ0v) is 49.5. The van der Waals surface area contributed by atoms with Crippen molar-refractivity contribution in [2.24, 2.45) is 18.9 Å². The van der Waals surface area contributed by atoms with Gasteiger partial charge in [-0.2, -0.15) is 9.97 Å². The molecular weight excluding hydrogens is 1100 g/mol. The first kappa shape index (κ1) is 57.4. The number of piperidine rings is 3. The topological polar surface area (TPSA) is 190 Å². The Hall–Kier alpha value is -7.70. The third-order valence-corrected chi connectivity index (χ3v) is 19.7.